The minimum absolute atomic E-state index is 0.0242. The monoisotopic (exact) mass is 337 g/mol. The number of aryl methyl sites for hydroxylation is 1. The molecule has 0 N–H and O–H groups in total. The first kappa shape index (κ1) is 16.4. The molecule has 0 saturated heterocycles. The first-order valence-electron chi connectivity index (χ1n) is 7.47. The van der Waals surface area contributed by atoms with Crippen LogP contribution in [0.1, 0.15) is 5.56 Å². The van der Waals surface area contributed by atoms with Gasteiger partial charge in [-0.05, 0) is 36.8 Å². The van der Waals surface area contributed by atoms with Crippen molar-refractivity contribution >= 4 is 5.69 Å². The highest BCUT2D eigenvalue weighted by atomic mass is 16.6. The van der Waals surface area contributed by atoms with Crippen molar-refractivity contribution in [2.24, 2.45) is 0 Å². The van der Waals surface area contributed by atoms with E-state index < -0.39 is 4.92 Å². The number of nitro groups is 1. The Balaban J connectivity index is 1.84. The van der Waals surface area contributed by atoms with Crippen molar-refractivity contribution < 1.29 is 14.4 Å². The van der Waals surface area contributed by atoms with E-state index in [2.05, 4.69) is 9.97 Å². The fourth-order valence-electron chi connectivity index (χ4n) is 2.32. The molecule has 3 aromatic rings. The summed E-state index contributed by atoms with van der Waals surface area (Å²) in [6.07, 6.45) is 3.19. The van der Waals surface area contributed by atoms with Gasteiger partial charge in [-0.3, -0.25) is 10.1 Å². The molecule has 0 radical (unpaired) electrons. The van der Waals surface area contributed by atoms with E-state index in [0.29, 0.717) is 17.2 Å². The summed E-state index contributed by atoms with van der Waals surface area (Å²) < 4.78 is 10.6. The van der Waals surface area contributed by atoms with Crippen LogP contribution in [0.5, 0.6) is 17.5 Å². The van der Waals surface area contributed by atoms with Crippen LogP contribution in [-0.2, 0) is 0 Å². The first-order chi connectivity index (χ1) is 12.1. The maximum atomic E-state index is 11.2. The van der Waals surface area contributed by atoms with Crippen molar-refractivity contribution in [3.8, 4) is 28.6 Å². The van der Waals surface area contributed by atoms with Crippen LogP contribution in [0, 0.1) is 17.0 Å². The van der Waals surface area contributed by atoms with Crippen LogP contribution in [0.2, 0.25) is 0 Å². The summed E-state index contributed by atoms with van der Waals surface area (Å²) in [5, 5.41) is 11.2. The van der Waals surface area contributed by atoms with Gasteiger partial charge in [0, 0.05) is 29.6 Å². The van der Waals surface area contributed by atoms with Crippen molar-refractivity contribution in [2.45, 2.75) is 6.92 Å². The lowest BCUT2D eigenvalue weighted by molar-refractivity contribution is -0.386. The van der Waals surface area contributed by atoms with Gasteiger partial charge in [-0.2, -0.15) is 0 Å². The number of methoxy groups -OCH3 is 1. The van der Waals surface area contributed by atoms with E-state index in [1.54, 1.807) is 44.5 Å². The largest absolute Gasteiger partial charge is 0.481 e. The molecule has 126 valence electrons. The lowest BCUT2D eigenvalue weighted by atomic mass is 10.1. The number of hydrogen-bond donors (Lipinski definition) is 0. The Morgan fingerprint density at radius 3 is 2.32 bits per heavy atom. The second-order valence-corrected chi connectivity index (χ2v) is 5.25. The molecular formula is C18H15N3O4. The molecule has 0 amide bonds. The number of aromatic nitrogens is 2. The van der Waals surface area contributed by atoms with E-state index >= 15 is 0 Å². The van der Waals surface area contributed by atoms with Crippen LogP contribution in [-0.4, -0.2) is 22.0 Å². The standard InChI is InChI=1S/C18H15N3O4/c1-12-9-10-19-18(17(12)21(22)23)25-15-6-3-13(4-7-15)14-5-8-16(24-2)20-11-14/h3-11H,1-2H3. The summed E-state index contributed by atoms with van der Waals surface area (Å²) >= 11 is 0. The predicted octanol–water partition coefficient (Wildman–Crippen LogP) is 4.16. The lowest BCUT2D eigenvalue weighted by Crippen LogP contribution is -1.98. The fraction of sp³-hybridized carbons (Fsp3) is 0.111. The number of pyridine rings is 2. The number of hydrogen-bond acceptors (Lipinski definition) is 6. The molecule has 7 nitrogen and oxygen atoms in total. The molecule has 2 heterocycles. The highest BCUT2D eigenvalue weighted by Crippen LogP contribution is 2.32. The number of benzene rings is 1. The highest BCUT2D eigenvalue weighted by Gasteiger charge is 2.20. The number of nitrogens with zero attached hydrogens (tertiary/aromatic N) is 3. The van der Waals surface area contributed by atoms with Gasteiger partial charge < -0.3 is 9.47 Å². The fourth-order valence-corrected chi connectivity index (χ4v) is 2.32. The summed E-state index contributed by atoms with van der Waals surface area (Å²) in [7, 11) is 1.56. The zero-order chi connectivity index (χ0) is 17.8. The normalized spacial score (nSPS) is 10.3. The summed E-state index contributed by atoms with van der Waals surface area (Å²) in [6.45, 7) is 1.65. The van der Waals surface area contributed by atoms with E-state index in [0.717, 1.165) is 11.1 Å². The molecule has 0 aliphatic carbocycles. The van der Waals surface area contributed by atoms with E-state index in [1.165, 1.54) is 6.20 Å². The third-order valence-corrected chi connectivity index (χ3v) is 3.62. The van der Waals surface area contributed by atoms with Gasteiger partial charge in [0.2, 0.25) is 5.88 Å². The minimum atomic E-state index is -0.491. The van der Waals surface area contributed by atoms with Crippen molar-refractivity contribution in [3.05, 3.63) is 70.5 Å². The Hall–Kier alpha value is -3.48. The zero-order valence-corrected chi connectivity index (χ0v) is 13.7. The topological polar surface area (TPSA) is 87.4 Å². The van der Waals surface area contributed by atoms with Crippen molar-refractivity contribution in [1.82, 2.24) is 9.97 Å². The Labute approximate surface area is 144 Å². The molecule has 2 aromatic heterocycles. The second-order valence-electron chi connectivity index (χ2n) is 5.25. The van der Waals surface area contributed by atoms with Crippen molar-refractivity contribution in [3.63, 3.8) is 0 Å². The van der Waals surface area contributed by atoms with E-state index in [-0.39, 0.29) is 11.6 Å². The van der Waals surface area contributed by atoms with Gasteiger partial charge in [-0.1, -0.05) is 12.1 Å². The van der Waals surface area contributed by atoms with Gasteiger partial charge in [0.05, 0.1) is 12.0 Å². The van der Waals surface area contributed by atoms with Crippen molar-refractivity contribution in [2.75, 3.05) is 7.11 Å². The van der Waals surface area contributed by atoms with Crippen molar-refractivity contribution in [1.29, 1.82) is 0 Å². The van der Waals surface area contributed by atoms with Crippen LogP contribution in [0.25, 0.3) is 11.1 Å². The Morgan fingerprint density at radius 2 is 1.72 bits per heavy atom. The smallest absolute Gasteiger partial charge is 0.334 e. The first-order valence-corrected chi connectivity index (χ1v) is 7.47. The summed E-state index contributed by atoms with van der Waals surface area (Å²) in [5.41, 5.74) is 2.23. The Morgan fingerprint density at radius 1 is 1.00 bits per heavy atom. The molecule has 25 heavy (non-hydrogen) atoms. The van der Waals surface area contributed by atoms with E-state index in [1.807, 2.05) is 18.2 Å². The lowest BCUT2D eigenvalue weighted by Gasteiger charge is -2.08. The number of ether oxygens (including phenoxy) is 2. The van der Waals surface area contributed by atoms with Gasteiger partial charge in [0.25, 0.3) is 5.88 Å². The van der Waals surface area contributed by atoms with Crippen LogP contribution in [0.4, 0.5) is 5.69 Å². The molecule has 0 fully saturated rings. The molecular weight excluding hydrogens is 322 g/mol. The third-order valence-electron chi connectivity index (χ3n) is 3.62. The molecule has 7 heteroatoms. The third kappa shape index (κ3) is 3.55. The van der Waals surface area contributed by atoms with Gasteiger partial charge in [-0.25, -0.2) is 9.97 Å². The van der Waals surface area contributed by atoms with Crippen LogP contribution in [0.15, 0.2) is 54.9 Å². The molecule has 0 aliphatic rings. The Kier molecular flexibility index (Phi) is 4.56. The van der Waals surface area contributed by atoms with Gasteiger partial charge >= 0.3 is 5.69 Å². The van der Waals surface area contributed by atoms with Gasteiger partial charge in [-0.15, -0.1) is 0 Å². The molecule has 0 spiro atoms. The molecule has 0 unspecified atom stereocenters. The average Bonchev–Trinajstić information content (AvgIpc) is 2.62. The molecule has 1 aromatic carbocycles. The molecule has 3 rings (SSSR count). The summed E-state index contributed by atoms with van der Waals surface area (Å²) in [5.74, 6) is 0.983. The second kappa shape index (κ2) is 6.96. The van der Waals surface area contributed by atoms with E-state index in [9.17, 15) is 10.1 Å². The van der Waals surface area contributed by atoms with Crippen LogP contribution in [0.3, 0.4) is 0 Å². The summed E-state index contributed by atoms with van der Waals surface area (Å²) in [4.78, 5) is 18.8. The van der Waals surface area contributed by atoms with Gasteiger partial charge in [0.15, 0.2) is 0 Å². The molecule has 0 bridgehead atoms. The predicted molar refractivity (Wildman–Crippen MR) is 91.9 cm³/mol. The van der Waals surface area contributed by atoms with Gasteiger partial charge in [0.1, 0.15) is 5.75 Å². The maximum absolute atomic E-state index is 11.2. The van der Waals surface area contributed by atoms with Crippen LogP contribution >= 0.6 is 0 Å². The van der Waals surface area contributed by atoms with E-state index in [4.69, 9.17) is 9.47 Å². The average molecular weight is 337 g/mol. The minimum Gasteiger partial charge on any atom is -0.481 e. The molecule has 0 atom stereocenters. The maximum Gasteiger partial charge on any atom is 0.334 e. The quantitative estimate of drug-likeness (QED) is 0.513. The molecule has 0 aliphatic heterocycles. The zero-order valence-electron chi connectivity index (χ0n) is 13.7. The summed E-state index contributed by atoms with van der Waals surface area (Å²) in [6, 6.07) is 12.4. The molecule has 0 saturated carbocycles. The number of rotatable bonds is 5. The Bertz CT molecular complexity index is 893. The highest BCUT2D eigenvalue weighted by molar-refractivity contribution is 5.63. The SMILES string of the molecule is COc1ccc(-c2ccc(Oc3nccc(C)c3[N+](=O)[O-])cc2)cn1. The van der Waals surface area contributed by atoms with Crippen LogP contribution < -0.4 is 9.47 Å².